The van der Waals surface area contributed by atoms with Gasteiger partial charge in [0, 0.05) is 18.9 Å². The minimum atomic E-state index is -0.159. The molecular formula is C8H13N3O. The molecule has 1 aromatic rings. The molecule has 1 aromatic heterocycles. The van der Waals surface area contributed by atoms with Crippen molar-refractivity contribution in [3.63, 3.8) is 0 Å². The van der Waals surface area contributed by atoms with E-state index in [1.54, 1.807) is 6.20 Å². The first-order chi connectivity index (χ1) is 5.84. The summed E-state index contributed by atoms with van der Waals surface area (Å²) in [6.45, 7) is 2.90. The van der Waals surface area contributed by atoms with Crippen LogP contribution in [0.3, 0.4) is 0 Å². The van der Waals surface area contributed by atoms with E-state index in [1.807, 2.05) is 0 Å². The second kappa shape index (κ2) is 4.54. The standard InChI is InChI=1S/C8H13N3O/c1-2-3-4-9-7-8(12)11-6-5-10-7/h5-6H,2-4H2,1H3,(H,9,10)(H,11,12). The van der Waals surface area contributed by atoms with Gasteiger partial charge in [0.05, 0.1) is 0 Å². The molecule has 0 atom stereocenters. The third kappa shape index (κ3) is 2.38. The highest BCUT2D eigenvalue weighted by molar-refractivity contribution is 5.29. The maximum Gasteiger partial charge on any atom is 0.290 e. The number of hydrogen-bond donors (Lipinski definition) is 2. The second-order valence-electron chi connectivity index (χ2n) is 2.55. The van der Waals surface area contributed by atoms with Crippen molar-refractivity contribution in [2.24, 2.45) is 0 Å². The average Bonchev–Trinajstić information content (AvgIpc) is 2.09. The Labute approximate surface area is 71.0 Å². The van der Waals surface area contributed by atoms with Crippen LogP contribution in [0.4, 0.5) is 5.82 Å². The molecule has 2 N–H and O–H groups in total. The number of H-pyrrole nitrogens is 1. The van der Waals surface area contributed by atoms with E-state index < -0.39 is 0 Å². The molecule has 0 unspecified atom stereocenters. The first kappa shape index (κ1) is 8.77. The van der Waals surface area contributed by atoms with Crippen molar-refractivity contribution in [1.82, 2.24) is 9.97 Å². The summed E-state index contributed by atoms with van der Waals surface area (Å²) in [6.07, 6.45) is 5.25. The molecule has 0 saturated heterocycles. The monoisotopic (exact) mass is 167 g/mol. The van der Waals surface area contributed by atoms with E-state index in [2.05, 4.69) is 22.2 Å². The maximum atomic E-state index is 11.0. The lowest BCUT2D eigenvalue weighted by Crippen LogP contribution is -2.15. The molecule has 12 heavy (non-hydrogen) atoms. The lowest BCUT2D eigenvalue weighted by atomic mass is 10.3. The molecule has 66 valence electrons. The Morgan fingerprint density at radius 2 is 2.50 bits per heavy atom. The van der Waals surface area contributed by atoms with Crippen LogP contribution in [0, 0.1) is 0 Å². The lowest BCUT2D eigenvalue weighted by Gasteiger charge is -2.01. The van der Waals surface area contributed by atoms with Gasteiger partial charge in [-0.15, -0.1) is 0 Å². The molecule has 4 heteroatoms. The van der Waals surface area contributed by atoms with Crippen molar-refractivity contribution in [1.29, 1.82) is 0 Å². The van der Waals surface area contributed by atoms with Crippen molar-refractivity contribution in [3.8, 4) is 0 Å². The van der Waals surface area contributed by atoms with E-state index in [4.69, 9.17) is 0 Å². The largest absolute Gasteiger partial charge is 0.365 e. The maximum absolute atomic E-state index is 11.0. The minimum absolute atomic E-state index is 0.159. The van der Waals surface area contributed by atoms with Gasteiger partial charge in [0.25, 0.3) is 5.56 Å². The predicted octanol–water partition coefficient (Wildman–Crippen LogP) is 0.982. The van der Waals surface area contributed by atoms with Gasteiger partial charge >= 0.3 is 0 Å². The van der Waals surface area contributed by atoms with Crippen molar-refractivity contribution in [3.05, 3.63) is 22.7 Å². The number of anilines is 1. The Bertz CT molecular complexity index is 282. The molecule has 0 spiro atoms. The lowest BCUT2D eigenvalue weighted by molar-refractivity contribution is 0.828. The van der Waals surface area contributed by atoms with Crippen LogP contribution >= 0.6 is 0 Å². The molecule has 0 aromatic carbocycles. The number of nitrogens with zero attached hydrogens (tertiary/aromatic N) is 1. The van der Waals surface area contributed by atoms with Crippen LogP contribution in [-0.4, -0.2) is 16.5 Å². The molecular weight excluding hydrogens is 154 g/mol. The fraction of sp³-hybridized carbons (Fsp3) is 0.500. The molecule has 0 bridgehead atoms. The highest BCUT2D eigenvalue weighted by atomic mass is 16.1. The molecule has 0 radical (unpaired) electrons. The van der Waals surface area contributed by atoms with Crippen LogP contribution < -0.4 is 10.9 Å². The van der Waals surface area contributed by atoms with Crippen LogP contribution in [0.15, 0.2) is 17.2 Å². The third-order valence-corrected chi connectivity index (χ3v) is 1.53. The SMILES string of the molecule is CCCCNc1ncc[nH]c1=O. The number of rotatable bonds is 4. The van der Waals surface area contributed by atoms with Gasteiger partial charge in [-0.3, -0.25) is 4.79 Å². The molecule has 0 amide bonds. The Kier molecular flexibility index (Phi) is 3.32. The van der Waals surface area contributed by atoms with E-state index in [1.165, 1.54) is 6.20 Å². The molecule has 0 aliphatic carbocycles. The Morgan fingerprint density at radius 1 is 1.67 bits per heavy atom. The Morgan fingerprint density at radius 3 is 3.17 bits per heavy atom. The van der Waals surface area contributed by atoms with Crippen molar-refractivity contribution in [2.75, 3.05) is 11.9 Å². The van der Waals surface area contributed by atoms with Crippen LogP contribution in [0.25, 0.3) is 0 Å². The summed E-state index contributed by atoms with van der Waals surface area (Å²) in [4.78, 5) is 17.5. The smallest absolute Gasteiger partial charge is 0.290 e. The summed E-state index contributed by atoms with van der Waals surface area (Å²) < 4.78 is 0. The number of aromatic nitrogens is 2. The van der Waals surface area contributed by atoms with Gasteiger partial charge in [0.15, 0.2) is 5.82 Å². The summed E-state index contributed by atoms with van der Waals surface area (Å²) >= 11 is 0. The summed E-state index contributed by atoms with van der Waals surface area (Å²) in [5.74, 6) is 0.408. The van der Waals surface area contributed by atoms with Crippen molar-refractivity contribution < 1.29 is 0 Å². The summed E-state index contributed by atoms with van der Waals surface area (Å²) in [7, 11) is 0. The van der Waals surface area contributed by atoms with Gasteiger partial charge in [0.1, 0.15) is 0 Å². The van der Waals surface area contributed by atoms with E-state index in [-0.39, 0.29) is 5.56 Å². The fourth-order valence-electron chi connectivity index (χ4n) is 0.861. The van der Waals surface area contributed by atoms with Crippen LogP contribution in [0.5, 0.6) is 0 Å². The molecule has 4 nitrogen and oxygen atoms in total. The molecule has 0 fully saturated rings. The summed E-state index contributed by atoms with van der Waals surface area (Å²) in [5, 5.41) is 2.96. The first-order valence-electron chi connectivity index (χ1n) is 4.12. The van der Waals surface area contributed by atoms with Gasteiger partial charge in [-0.1, -0.05) is 13.3 Å². The summed E-state index contributed by atoms with van der Waals surface area (Å²) in [6, 6.07) is 0. The van der Waals surface area contributed by atoms with Crippen molar-refractivity contribution in [2.45, 2.75) is 19.8 Å². The fourth-order valence-corrected chi connectivity index (χ4v) is 0.861. The number of hydrogen-bond acceptors (Lipinski definition) is 3. The van der Waals surface area contributed by atoms with Gasteiger partial charge < -0.3 is 10.3 Å². The molecule has 1 heterocycles. The zero-order valence-electron chi connectivity index (χ0n) is 7.13. The Hall–Kier alpha value is -1.32. The van der Waals surface area contributed by atoms with Crippen LogP contribution in [0.2, 0.25) is 0 Å². The zero-order chi connectivity index (χ0) is 8.81. The Balaban J connectivity index is 2.52. The van der Waals surface area contributed by atoms with Crippen LogP contribution in [0.1, 0.15) is 19.8 Å². The zero-order valence-corrected chi connectivity index (χ0v) is 7.13. The van der Waals surface area contributed by atoms with Gasteiger partial charge in [-0.2, -0.15) is 0 Å². The number of unbranched alkanes of at least 4 members (excludes halogenated alkanes) is 1. The highest BCUT2D eigenvalue weighted by Gasteiger charge is 1.95. The van der Waals surface area contributed by atoms with Crippen molar-refractivity contribution >= 4 is 5.82 Å². The molecule has 0 saturated carbocycles. The average molecular weight is 167 g/mol. The topological polar surface area (TPSA) is 57.8 Å². The first-order valence-corrected chi connectivity index (χ1v) is 4.12. The normalized spacial score (nSPS) is 9.75. The predicted molar refractivity (Wildman–Crippen MR) is 48.3 cm³/mol. The number of nitrogens with one attached hydrogen (secondary N) is 2. The van der Waals surface area contributed by atoms with E-state index in [9.17, 15) is 4.79 Å². The van der Waals surface area contributed by atoms with Crippen LogP contribution in [-0.2, 0) is 0 Å². The molecule has 1 rings (SSSR count). The highest BCUT2D eigenvalue weighted by Crippen LogP contribution is 1.91. The van der Waals surface area contributed by atoms with Gasteiger partial charge in [0.2, 0.25) is 0 Å². The van der Waals surface area contributed by atoms with Gasteiger partial charge in [-0.25, -0.2) is 4.98 Å². The third-order valence-electron chi connectivity index (χ3n) is 1.53. The molecule has 0 aliphatic heterocycles. The summed E-state index contributed by atoms with van der Waals surface area (Å²) in [5.41, 5.74) is -0.159. The second-order valence-corrected chi connectivity index (χ2v) is 2.55. The minimum Gasteiger partial charge on any atom is -0.365 e. The molecule has 0 aliphatic rings. The van der Waals surface area contributed by atoms with E-state index in [0.717, 1.165) is 19.4 Å². The van der Waals surface area contributed by atoms with Gasteiger partial charge in [-0.05, 0) is 6.42 Å². The van der Waals surface area contributed by atoms with E-state index in [0.29, 0.717) is 5.82 Å². The quantitative estimate of drug-likeness (QED) is 0.657. The van der Waals surface area contributed by atoms with E-state index >= 15 is 0 Å². The number of aromatic amines is 1.